The highest BCUT2D eigenvalue weighted by atomic mass is 16.5. The molecular formula is C15H22N2O2. The highest BCUT2D eigenvalue weighted by Crippen LogP contribution is 2.18. The Bertz CT molecular complexity index is 415. The molecule has 0 aromatic heterocycles. The minimum atomic E-state index is -0.548. The van der Waals surface area contributed by atoms with Gasteiger partial charge < -0.3 is 14.7 Å². The Balaban J connectivity index is 2.45. The maximum Gasteiger partial charge on any atom is 0.101 e. The van der Waals surface area contributed by atoms with E-state index in [1.165, 1.54) is 0 Å². The molecule has 0 radical (unpaired) electrons. The number of aliphatic hydroxyl groups is 1. The zero-order valence-corrected chi connectivity index (χ0v) is 11.7. The highest BCUT2D eigenvalue weighted by Gasteiger charge is 2.11. The molecule has 1 unspecified atom stereocenters. The van der Waals surface area contributed by atoms with E-state index in [0.717, 1.165) is 18.5 Å². The van der Waals surface area contributed by atoms with Gasteiger partial charge in [0, 0.05) is 20.2 Å². The lowest BCUT2D eigenvalue weighted by Gasteiger charge is -2.23. The third-order valence-electron chi connectivity index (χ3n) is 2.87. The molecule has 0 bridgehead atoms. The molecule has 104 valence electrons. The predicted molar refractivity (Wildman–Crippen MR) is 76.2 cm³/mol. The Morgan fingerprint density at radius 2 is 2.16 bits per heavy atom. The lowest BCUT2D eigenvalue weighted by atomic mass is 10.1. The fourth-order valence-electron chi connectivity index (χ4n) is 1.83. The van der Waals surface area contributed by atoms with E-state index in [9.17, 15) is 5.11 Å². The standard InChI is InChI=1S/C15H22N2O2/c1-3-4-9-19-12-14(18)11-17(2)15-8-6-5-7-13(15)10-16/h5-8,14,18H,3-4,9,11-12H2,1-2H3. The van der Waals surface area contributed by atoms with Crippen molar-refractivity contribution in [3.63, 3.8) is 0 Å². The number of hydrogen-bond acceptors (Lipinski definition) is 4. The summed E-state index contributed by atoms with van der Waals surface area (Å²) in [5.74, 6) is 0. The van der Waals surface area contributed by atoms with Crippen molar-refractivity contribution in [2.24, 2.45) is 0 Å². The molecule has 0 spiro atoms. The van der Waals surface area contributed by atoms with E-state index < -0.39 is 6.10 Å². The summed E-state index contributed by atoms with van der Waals surface area (Å²) in [6.45, 7) is 3.57. The molecule has 0 aliphatic carbocycles. The minimum absolute atomic E-state index is 0.332. The van der Waals surface area contributed by atoms with Crippen molar-refractivity contribution in [2.75, 3.05) is 31.7 Å². The largest absolute Gasteiger partial charge is 0.389 e. The Morgan fingerprint density at radius 3 is 2.84 bits per heavy atom. The Morgan fingerprint density at radius 1 is 1.42 bits per heavy atom. The fraction of sp³-hybridized carbons (Fsp3) is 0.533. The fourth-order valence-corrected chi connectivity index (χ4v) is 1.83. The first kappa shape index (κ1) is 15.5. The molecule has 0 saturated carbocycles. The Kier molecular flexibility index (Phi) is 6.94. The number of ether oxygens (including phenoxy) is 1. The molecule has 4 heteroatoms. The van der Waals surface area contributed by atoms with Gasteiger partial charge in [0.25, 0.3) is 0 Å². The first-order valence-electron chi connectivity index (χ1n) is 6.65. The molecular weight excluding hydrogens is 240 g/mol. The lowest BCUT2D eigenvalue weighted by molar-refractivity contribution is 0.0397. The van der Waals surface area contributed by atoms with Gasteiger partial charge in [-0.1, -0.05) is 25.5 Å². The van der Waals surface area contributed by atoms with Crippen molar-refractivity contribution in [3.8, 4) is 6.07 Å². The number of aliphatic hydroxyl groups excluding tert-OH is 1. The van der Waals surface area contributed by atoms with Crippen molar-refractivity contribution < 1.29 is 9.84 Å². The average Bonchev–Trinajstić information content (AvgIpc) is 2.43. The topological polar surface area (TPSA) is 56.5 Å². The van der Waals surface area contributed by atoms with E-state index >= 15 is 0 Å². The van der Waals surface area contributed by atoms with Crippen LogP contribution < -0.4 is 4.90 Å². The quantitative estimate of drug-likeness (QED) is 0.729. The van der Waals surface area contributed by atoms with Gasteiger partial charge in [0.05, 0.1) is 24.0 Å². The van der Waals surface area contributed by atoms with Gasteiger partial charge in [-0.25, -0.2) is 0 Å². The van der Waals surface area contributed by atoms with Crippen LogP contribution >= 0.6 is 0 Å². The van der Waals surface area contributed by atoms with Crippen LogP contribution in [0.25, 0.3) is 0 Å². The molecule has 0 saturated heterocycles. The van der Waals surface area contributed by atoms with Crippen LogP contribution in [0.2, 0.25) is 0 Å². The van der Waals surface area contributed by atoms with Gasteiger partial charge in [0.15, 0.2) is 0 Å². The van der Waals surface area contributed by atoms with Crippen molar-refractivity contribution in [1.82, 2.24) is 0 Å². The molecule has 1 N–H and O–H groups in total. The summed E-state index contributed by atoms with van der Waals surface area (Å²) in [6.07, 6.45) is 1.55. The smallest absolute Gasteiger partial charge is 0.101 e. The lowest BCUT2D eigenvalue weighted by Crippen LogP contribution is -2.32. The summed E-state index contributed by atoms with van der Waals surface area (Å²) in [5, 5.41) is 18.9. The molecule has 0 heterocycles. The first-order chi connectivity index (χ1) is 9.19. The molecule has 0 aliphatic rings. The number of nitriles is 1. The zero-order chi connectivity index (χ0) is 14.1. The molecule has 1 atom stereocenters. The number of rotatable bonds is 8. The van der Waals surface area contributed by atoms with E-state index in [0.29, 0.717) is 25.3 Å². The molecule has 19 heavy (non-hydrogen) atoms. The maximum absolute atomic E-state index is 9.89. The van der Waals surface area contributed by atoms with E-state index in [1.807, 2.05) is 30.1 Å². The van der Waals surface area contributed by atoms with Gasteiger partial charge in [0.2, 0.25) is 0 Å². The summed E-state index contributed by atoms with van der Waals surface area (Å²) in [7, 11) is 1.87. The zero-order valence-electron chi connectivity index (χ0n) is 11.7. The van der Waals surface area contributed by atoms with E-state index in [-0.39, 0.29) is 0 Å². The van der Waals surface area contributed by atoms with Gasteiger partial charge in [-0.05, 0) is 18.6 Å². The third kappa shape index (κ3) is 5.29. The average molecular weight is 262 g/mol. The first-order valence-corrected chi connectivity index (χ1v) is 6.65. The number of para-hydroxylation sites is 1. The van der Waals surface area contributed by atoms with Crippen molar-refractivity contribution in [2.45, 2.75) is 25.9 Å². The Labute approximate surface area is 115 Å². The molecule has 1 rings (SSSR count). The summed E-state index contributed by atoms with van der Waals surface area (Å²) in [6, 6.07) is 9.53. The monoisotopic (exact) mass is 262 g/mol. The summed E-state index contributed by atoms with van der Waals surface area (Å²) < 4.78 is 5.39. The minimum Gasteiger partial charge on any atom is -0.389 e. The van der Waals surface area contributed by atoms with Crippen molar-refractivity contribution in [3.05, 3.63) is 29.8 Å². The third-order valence-corrected chi connectivity index (χ3v) is 2.87. The van der Waals surface area contributed by atoms with E-state index in [1.54, 1.807) is 6.07 Å². The van der Waals surface area contributed by atoms with Crippen LogP contribution in [-0.2, 0) is 4.74 Å². The van der Waals surface area contributed by atoms with Gasteiger partial charge in [-0.15, -0.1) is 0 Å². The molecule has 1 aromatic rings. The van der Waals surface area contributed by atoms with E-state index in [2.05, 4.69) is 13.0 Å². The predicted octanol–water partition coefficient (Wildman–Crippen LogP) is 2.17. The van der Waals surface area contributed by atoms with Crippen LogP contribution in [0.15, 0.2) is 24.3 Å². The van der Waals surface area contributed by atoms with Crippen LogP contribution in [0, 0.1) is 11.3 Å². The van der Waals surface area contributed by atoms with Gasteiger partial charge in [0.1, 0.15) is 6.07 Å². The molecule has 4 nitrogen and oxygen atoms in total. The number of likely N-dealkylation sites (N-methyl/N-ethyl adjacent to an activating group) is 1. The highest BCUT2D eigenvalue weighted by molar-refractivity contribution is 5.58. The summed E-state index contributed by atoms with van der Waals surface area (Å²) in [4.78, 5) is 1.88. The van der Waals surface area contributed by atoms with Gasteiger partial charge in [-0.3, -0.25) is 0 Å². The van der Waals surface area contributed by atoms with Crippen molar-refractivity contribution >= 4 is 5.69 Å². The number of anilines is 1. The second-order valence-corrected chi connectivity index (χ2v) is 4.59. The van der Waals surface area contributed by atoms with Crippen LogP contribution in [0.1, 0.15) is 25.3 Å². The molecule has 0 amide bonds. The number of benzene rings is 1. The Hall–Kier alpha value is -1.57. The SMILES string of the molecule is CCCCOCC(O)CN(C)c1ccccc1C#N. The molecule has 1 aromatic carbocycles. The summed E-state index contributed by atoms with van der Waals surface area (Å²) >= 11 is 0. The van der Waals surface area contributed by atoms with Crippen LogP contribution in [0.3, 0.4) is 0 Å². The normalized spacial score (nSPS) is 11.9. The second-order valence-electron chi connectivity index (χ2n) is 4.59. The second kappa shape index (κ2) is 8.52. The number of hydrogen-bond donors (Lipinski definition) is 1. The molecule has 0 aliphatic heterocycles. The van der Waals surface area contributed by atoms with Gasteiger partial charge >= 0.3 is 0 Å². The van der Waals surface area contributed by atoms with Crippen LogP contribution in [-0.4, -0.2) is 38.0 Å². The van der Waals surface area contributed by atoms with Crippen molar-refractivity contribution in [1.29, 1.82) is 5.26 Å². The number of unbranched alkanes of at least 4 members (excludes halogenated alkanes) is 1. The molecule has 0 fully saturated rings. The summed E-state index contributed by atoms with van der Waals surface area (Å²) in [5.41, 5.74) is 1.45. The van der Waals surface area contributed by atoms with Crippen LogP contribution in [0.5, 0.6) is 0 Å². The number of nitrogens with zero attached hydrogens (tertiary/aromatic N) is 2. The maximum atomic E-state index is 9.89. The van der Waals surface area contributed by atoms with Gasteiger partial charge in [-0.2, -0.15) is 5.26 Å². The van der Waals surface area contributed by atoms with Crippen LogP contribution in [0.4, 0.5) is 5.69 Å². The van der Waals surface area contributed by atoms with E-state index in [4.69, 9.17) is 10.00 Å².